The third kappa shape index (κ3) is 6.02. The van der Waals surface area contributed by atoms with E-state index in [1.54, 1.807) is 7.05 Å². The van der Waals surface area contributed by atoms with Crippen molar-refractivity contribution in [3.8, 4) is 0 Å². The summed E-state index contributed by atoms with van der Waals surface area (Å²) in [6, 6.07) is 0. The fourth-order valence-corrected chi connectivity index (χ4v) is 2.67. The second-order valence-corrected chi connectivity index (χ2v) is 5.90. The van der Waals surface area contributed by atoms with Gasteiger partial charge in [0.1, 0.15) is 5.71 Å². The van der Waals surface area contributed by atoms with Gasteiger partial charge < -0.3 is 4.74 Å². The lowest BCUT2D eigenvalue weighted by atomic mass is 10.2. The molecule has 0 heterocycles. The molecule has 0 N–H and O–H groups in total. The molecule has 1 atom stereocenters. The zero-order chi connectivity index (χ0) is 12.6. The number of hydrogen-bond donors (Lipinski definition) is 0. The maximum atomic E-state index is 11.4. The number of carbonyl (C=O) groups excluding carboxylic acids is 1. The first kappa shape index (κ1) is 15.3. The molecule has 0 aromatic carbocycles. The number of methoxy groups -OCH3 is 1. The van der Waals surface area contributed by atoms with Gasteiger partial charge in [-0.1, -0.05) is 35.8 Å². The van der Waals surface area contributed by atoms with Crippen LogP contribution in [0.15, 0.2) is 16.4 Å². The van der Waals surface area contributed by atoms with Gasteiger partial charge >= 0.3 is 5.97 Å². The van der Waals surface area contributed by atoms with E-state index in [-0.39, 0.29) is 5.97 Å². The van der Waals surface area contributed by atoms with Crippen LogP contribution in [0.1, 0.15) is 33.6 Å². The summed E-state index contributed by atoms with van der Waals surface area (Å²) >= 11 is 0. The van der Waals surface area contributed by atoms with Gasteiger partial charge in [0.15, 0.2) is 0 Å². The molecule has 0 spiro atoms. The van der Waals surface area contributed by atoms with E-state index < -0.39 is 0 Å². The summed E-state index contributed by atoms with van der Waals surface area (Å²) in [4.78, 5) is 15.3. The number of hydrogen-bond acceptors (Lipinski definition) is 3. The van der Waals surface area contributed by atoms with Crippen LogP contribution in [0.2, 0.25) is 0 Å². The summed E-state index contributed by atoms with van der Waals surface area (Å²) in [7, 11) is 3.75. The predicted molar refractivity (Wildman–Crippen MR) is 71.8 cm³/mol. The second kappa shape index (κ2) is 8.46. The van der Waals surface area contributed by atoms with Crippen LogP contribution in [-0.4, -0.2) is 31.5 Å². The highest BCUT2D eigenvalue weighted by Crippen LogP contribution is 2.32. The molecule has 0 bridgehead atoms. The van der Waals surface area contributed by atoms with E-state index in [0.29, 0.717) is 11.4 Å². The average Bonchev–Trinajstić information content (AvgIpc) is 2.24. The normalized spacial score (nSPS) is 13.9. The van der Waals surface area contributed by atoms with E-state index in [1.807, 2.05) is 6.08 Å². The van der Waals surface area contributed by atoms with Crippen LogP contribution < -0.4 is 0 Å². The summed E-state index contributed by atoms with van der Waals surface area (Å²) in [5, 5.41) is 1.29. The van der Waals surface area contributed by atoms with Crippen molar-refractivity contribution in [1.29, 1.82) is 0 Å². The Labute approximate surface area is 100 Å². The Balaban J connectivity index is 4.79. The Morgan fingerprint density at radius 3 is 2.50 bits per heavy atom. The van der Waals surface area contributed by atoms with Crippen LogP contribution in [-0.2, 0) is 9.53 Å². The van der Waals surface area contributed by atoms with Crippen molar-refractivity contribution in [1.82, 2.24) is 0 Å². The molecule has 1 unspecified atom stereocenters. The first-order chi connectivity index (χ1) is 7.54. The topological polar surface area (TPSA) is 38.7 Å². The minimum atomic E-state index is -0.357. The van der Waals surface area contributed by atoms with E-state index >= 15 is 0 Å². The van der Waals surface area contributed by atoms with E-state index in [2.05, 4.69) is 30.5 Å². The SMILES string of the molecule is CCC/C(=C\C(=NC)C(=O)OC)PC(C)C. The fourth-order valence-electron chi connectivity index (χ4n) is 1.31. The number of allylic oxidation sites excluding steroid dienone is 1. The summed E-state index contributed by atoms with van der Waals surface area (Å²) in [6.45, 7) is 6.51. The van der Waals surface area contributed by atoms with Gasteiger partial charge in [-0.2, -0.15) is 0 Å². The zero-order valence-corrected chi connectivity index (χ0v) is 11.8. The quantitative estimate of drug-likeness (QED) is 0.408. The van der Waals surface area contributed by atoms with Crippen molar-refractivity contribution in [2.24, 2.45) is 4.99 Å². The molecule has 0 aromatic rings. The van der Waals surface area contributed by atoms with E-state index in [0.717, 1.165) is 21.4 Å². The number of rotatable bonds is 6. The van der Waals surface area contributed by atoms with Gasteiger partial charge in [-0.15, -0.1) is 0 Å². The molecule has 0 saturated carbocycles. The Morgan fingerprint density at radius 1 is 1.50 bits per heavy atom. The Bertz CT molecular complexity index is 283. The molecule has 0 aliphatic heterocycles. The molecule has 0 fully saturated rings. The smallest absolute Gasteiger partial charge is 0.356 e. The molecule has 0 aromatic heterocycles. The summed E-state index contributed by atoms with van der Waals surface area (Å²) in [6.07, 6.45) is 3.99. The third-order valence-corrected chi connectivity index (χ3v) is 3.28. The molecule has 4 heteroatoms. The van der Waals surface area contributed by atoms with E-state index in [1.165, 1.54) is 12.4 Å². The molecule has 3 nitrogen and oxygen atoms in total. The molecule has 0 radical (unpaired) electrons. The lowest BCUT2D eigenvalue weighted by Crippen LogP contribution is -2.13. The molecule has 16 heavy (non-hydrogen) atoms. The molecule has 92 valence electrons. The number of ether oxygens (including phenoxy) is 1. The maximum absolute atomic E-state index is 11.4. The highest BCUT2D eigenvalue weighted by Gasteiger charge is 2.09. The van der Waals surface area contributed by atoms with Crippen LogP contribution in [0.3, 0.4) is 0 Å². The predicted octanol–water partition coefficient (Wildman–Crippen LogP) is 3.00. The summed E-state index contributed by atoms with van der Waals surface area (Å²) < 4.78 is 4.68. The van der Waals surface area contributed by atoms with E-state index in [4.69, 9.17) is 0 Å². The molecule has 0 rings (SSSR count). The monoisotopic (exact) mass is 243 g/mol. The molecular formula is C12H22NO2P. The zero-order valence-electron chi connectivity index (χ0n) is 10.8. The number of esters is 1. The average molecular weight is 243 g/mol. The van der Waals surface area contributed by atoms with Crippen LogP contribution >= 0.6 is 8.58 Å². The second-order valence-electron chi connectivity index (χ2n) is 3.82. The molecule has 0 saturated heterocycles. The van der Waals surface area contributed by atoms with Gasteiger partial charge in [-0.05, 0) is 23.5 Å². The maximum Gasteiger partial charge on any atom is 0.356 e. The van der Waals surface area contributed by atoms with Gasteiger partial charge in [0.2, 0.25) is 0 Å². The van der Waals surface area contributed by atoms with Gasteiger partial charge in [-0.25, -0.2) is 4.79 Å². The first-order valence-corrected chi connectivity index (χ1v) is 6.65. The van der Waals surface area contributed by atoms with Crippen molar-refractivity contribution >= 4 is 20.3 Å². The molecule has 0 aliphatic carbocycles. The Morgan fingerprint density at radius 2 is 2.12 bits per heavy atom. The number of aliphatic imine (C=N–C) groups is 1. The fraction of sp³-hybridized carbons (Fsp3) is 0.667. The van der Waals surface area contributed by atoms with Crippen molar-refractivity contribution in [2.45, 2.75) is 39.3 Å². The Kier molecular flexibility index (Phi) is 8.10. The number of nitrogens with zero attached hydrogens (tertiary/aromatic N) is 1. The van der Waals surface area contributed by atoms with Crippen molar-refractivity contribution < 1.29 is 9.53 Å². The molecule has 0 aliphatic rings. The summed E-state index contributed by atoms with van der Waals surface area (Å²) in [5.74, 6) is -0.357. The van der Waals surface area contributed by atoms with Gasteiger partial charge in [0.25, 0.3) is 0 Å². The van der Waals surface area contributed by atoms with Gasteiger partial charge in [-0.3, -0.25) is 4.99 Å². The molecular weight excluding hydrogens is 221 g/mol. The number of carbonyl (C=O) groups is 1. The van der Waals surface area contributed by atoms with Crippen molar-refractivity contribution in [2.75, 3.05) is 14.2 Å². The summed E-state index contributed by atoms with van der Waals surface area (Å²) in [5.41, 5.74) is 1.03. The highest BCUT2D eigenvalue weighted by molar-refractivity contribution is 7.43. The van der Waals surface area contributed by atoms with Crippen LogP contribution in [0, 0.1) is 0 Å². The van der Waals surface area contributed by atoms with Gasteiger partial charge in [0.05, 0.1) is 7.11 Å². The third-order valence-electron chi connectivity index (χ3n) is 1.94. The standard InChI is InChI=1S/C12H22NO2P/c1-6-7-10(16-9(2)3)8-11(13-4)12(14)15-5/h8-9,16H,6-7H2,1-5H3/b10-8+,13-11?. The van der Waals surface area contributed by atoms with Crippen LogP contribution in [0.25, 0.3) is 0 Å². The Hall–Kier alpha value is -0.690. The van der Waals surface area contributed by atoms with Crippen molar-refractivity contribution in [3.05, 3.63) is 11.4 Å². The minimum absolute atomic E-state index is 0.357. The minimum Gasteiger partial charge on any atom is -0.464 e. The van der Waals surface area contributed by atoms with E-state index in [9.17, 15) is 4.79 Å². The van der Waals surface area contributed by atoms with Crippen LogP contribution in [0.4, 0.5) is 0 Å². The highest BCUT2D eigenvalue weighted by atomic mass is 31.1. The first-order valence-electron chi connectivity index (χ1n) is 5.57. The van der Waals surface area contributed by atoms with Crippen LogP contribution in [0.5, 0.6) is 0 Å². The molecule has 0 amide bonds. The van der Waals surface area contributed by atoms with Gasteiger partial charge in [0, 0.05) is 7.05 Å². The van der Waals surface area contributed by atoms with Crippen molar-refractivity contribution in [3.63, 3.8) is 0 Å². The largest absolute Gasteiger partial charge is 0.464 e. The lowest BCUT2D eigenvalue weighted by molar-refractivity contribution is -0.132. The lowest BCUT2D eigenvalue weighted by Gasteiger charge is -2.09.